The zero-order chi connectivity index (χ0) is 10.4. The minimum absolute atomic E-state index is 0.197. The van der Waals surface area contributed by atoms with E-state index in [4.69, 9.17) is 0 Å². The molecule has 1 heterocycles. The van der Waals surface area contributed by atoms with Gasteiger partial charge in [0.25, 0.3) is 0 Å². The molecule has 0 aliphatic carbocycles. The van der Waals surface area contributed by atoms with Gasteiger partial charge in [0.2, 0.25) is 5.91 Å². The second kappa shape index (κ2) is 6.02. The summed E-state index contributed by atoms with van der Waals surface area (Å²) in [4.78, 5) is 11.7. The minimum Gasteiger partial charge on any atom is -0.353 e. The first-order chi connectivity index (χ1) is 6.74. The van der Waals surface area contributed by atoms with E-state index in [0.717, 1.165) is 38.8 Å². The lowest BCUT2D eigenvalue weighted by Crippen LogP contribution is -2.43. The van der Waals surface area contributed by atoms with Crippen LogP contribution >= 0.6 is 0 Å². The number of carbonyl (C=O) groups excluding carboxylic acids is 1. The first kappa shape index (κ1) is 11.5. The Balaban J connectivity index is 2.25. The molecule has 0 spiro atoms. The number of hydrogen-bond acceptors (Lipinski definition) is 2. The van der Waals surface area contributed by atoms with E-state index in [-0.39, 0.29) is 11.8 Å². The van der Waals surface area contributed by atoms with Crippen LogP contribution in [0.3, 0.4) is 0 Å². The van der Waals surface area contributed by atoms with E-state index in [1.165, 1.54) is 0 Å². The molecule has 2 atom stereocenters. The molecule has 3 heteroatoms. The molecule has 1 amide bonds. The average Bonchev–Trinajstić information content (AvgIpc) is 2.19. The maximum absolute atomic E-state index is 11.7. The van der Waals surface area contributed by atoms with Gasteiger partial charge in [-0.3, -0.25) is 4.79 Å². The molecule has 82 valence electrons. The fourth-order valence-electron chi connectivity index (χ4n) is 1.94. The Hall–Kier alpha value is -0.570. The van der Waals surface area contributed by atoms with E-state index >= 15 is 0 Å². The number of rotatable bonds is 4. The van der Waals surface area contributed by atoms with E-state index in [9.17, 15) is 4.79 Å². The molecule has 0 saturated carbocycles. The van der Waals surface area contributed by atoms with E-state index < -0.39 is 0 Å². The lowest BCUT2D eigenvalue weighted by molar-refractivity contribution is -0.126. The van der Waals surface area contributed by atoms with Gasteiger partial charge in [-0.1, -0.05) is 13.3 Å². The van der Waals surface area contributed by atoms with Crippen molar-refractivity contribution in [2.45, 2.75) is 45.6 Å². The number of nitrogens with one attached hydrogen (secondary N) is 2. The van der Waals surface area contributed by atoms with Gasteiger partial charge < -0.3 is 10.6 Å². The fraction of sp³-hybridized carbons (Fsp3) is 0.909. The van der Waals surface area contributed by atoms with Crippen molar-refractivity contribution in [1.82, 2.24) is 10.6 Å². The molecule has 0 aromatic carbocycles. The molecule has 1 unspecified atom stereocenters. The van der Waals surface area contributed by atoms with Gasteiger partial charge in [0.05, 0.1) is 5.92 Å². The van der Waals surface area contributed by atoms with Crippen molar-refractivity contribution < 1.29 is 4.79 Å². The third-order valence-electron chi connectivity index (χ3n) is 2.78. The van der Waals surface area contributed by atoms with Gasteiger partial charge in [0, 0.05) is 12.6 Å². The molecule has 14 heavy (non-hydrogen) atoms. The van der Waals surface area contributed by atoms with Crippen molar-refractivity contribution in [1.29, 1.82) is 0 Å². The Bertz CT molecular complexity index is 176. The number of amides is 1. The Labute approximate surface area is 86.6 Å². The summed E-state index contributed by atoms with van der Waals surface area (Å²) >= 11 is 0. The Morgan fingerprint density at radius 2 is 2.43 bits per heavy atom. The molecule has 0 aromatic heterocycles. The van der Waals surface area contributed by atoms with Crippen molar-refractivity contribution >= 4 is 5.91 Å². The van der Waals surface area contributed by atoms with Gasteiger partial charge in [-0.05, 0) is 32.7 Å². The van der Waals surface area contributed by atoms with Gasteiger partial charge in [-0.2, -0.15) is 0 Å². The summed E-state index contributed by atoms with van der Waals surface area (Å²) in [7, 11) is 0. The Kier molecular flexibility index (Phi) is 4.94. The van der Waals surface area contributed by atoms with E-state index in [2.05, 4.69) is 24.5 Å². The quantitative estimate of drug-likeness (QED) is 0.714. The minimum atomic E-state index is 0.197. The number of carbonyl (C=O) groups is 1. The highest BCUT2D eigenvalue weighted by atomic mass is 16.1. The largest absolute Gasteiger partial charge is 0.353 e. The lowest BCUT2D eigenvalue weighted by atomic mass is 9.98. The monoisotopic (exact) mass is 198 g/mol. The first-order valence-electron chi connectivity index (χ1n) is 5.75. The van der Waals surface area contributed by atoms with Crippen LogP contribution in [0.25, 0.3) is 0 Å². The molecule has 3 nitrogen and oxygen atoms in total. The average molecular weight is 198 g/mol. The summed E-state index contributed by atoms with van der Waals surface area (Å²) in [5, 5.41) is 6.33. The Morgan fingerprint density at radius 3 is 3.00 bits per heavy atom. The highest BCUT2D eigenvalue weighted by molar-refractivity contribution is 5.79. The molecular weight excluding hydrogens is 176 g/mol. The summed E-state index contributed by atoms with van der Waals surface area (Å²) < 4.78 is 0. The van der Waals surface area contributed by atoms with Gasteiger partial charge in [-0.25, -0.2) is 0 Å². The first-order valence-corrected chi connectivity index (χ1v) is 5.75. The summed E-state index contributed by atoms with van der Waals surface area (Å²) in [6, 6.07) is 0.328. The molecule has 0 radical (unpaired) electrons. The normalized spacial score (nSPS) is 24.3. The van der Waals surface area contributed by atoms with Crippen LogP contribution in [0.4, 0.5) is 0 Å². The molecule has 1 aliphatic rings. The number of hydrogen-bond donors (Lipinski definition) is 2. The molecule has 0 aromatic rings. The molecule has 1 rings (SSSR count). The van der Waals surface area contributed by atoms with Crippen LogP contribution in [0.1, 0.15) is 39.5 Å². The third-order valence-corrected chi connectivity index (χ3v) is 2.78. The summed E-state index contributed by atoms with van der Waals surface area (Å²) in [6.07, 6.45) is 4.37. The van der Waals surface area contributed by atoms with Crippen LogP contribution in [-0.4, -0.2) is 25.0 Å². The maximum atomic E-state index is 11.7. The Morgan fingerprint density at radius 1 is 1.64 bits per heavy atom. The van der Waals surface area contributed by atoms with Crippen LogP contribution in [0.5, 0.6) is 0 Å². The molecular formula is C11H22N2O. The molecule has 2 N–H and O–H groups in total. The van der Waals surface area contributed by atoms with Crippen LogP contribution in [0, 0.1) is 5.92 Å². The van der Waals surface area contributed by atoms with Crippen LogP contribution in [0.2, 0.25) is 0 Å². The van der Waals surface area contributed by atoms with Crippen molar-refractivity contribution in [3.63, 3.8) is 0 Å². The van der Waals surface area contributed by atoms with Gasteiger partial charge >= 0.3 is 0 Å². The maximum Gasteiger partial charge on any atom is 0.224 e. The SMILES string of the molecule is CCCC(C)NC(=O)[C@@H]1CCCNC1. The second-order valence-electron chi connectivity index (χ2n) is 4.24. The van der Waals surface area contributed by atoms with Crippen molar-refractivity contribution in [2.75, 3.05) is 13.1 Å². The van der Waals surface area contributed by atoms with E-state index in [0.29, 0.717) is 6.04 Å². The van der Waals surface area contributed by atoms with Gasteiger partial charge in [0.15, 0.2) is 0 Å². The standard InChI is InChI=1S/C11H22N2O/c1-3-5-9(2)13-11(14)10-6-4-7-12-8-10/h9-10,12H,3-8H2,1-2H3,(H,13,14)/t9?,10-/m1/s1. The third kappa shape index (κ3) is 3.66. The molecule has 1 saturated heterocycles. The fourth-order valence-corrected chi connectivity index (χ4v) is 1.94. The van der Waals surface area contributed by atoms with Crippen molar-refractivity contribution in [3.05, 3.63) is 0 Å². The lowest BCUT2D eigenvalue weighted by Gasteiger charge is -2.23. The zero-order valence-electron chi connectivity index (χ0n) is 9.31. The topological polar surface area (TPSA) is 41.1 Å². The summed E-state index contributed by atoms with van der Waals surface area (Å²) in [5.41, 5.74) is 0. The van der Waals surface area contributed by atoms with Crippen molar-refractivity contribution in [3.8, 4) is 0 Å². The number of piperidine rings is 1. The summed E-state index contributed by atoms with van der Waals surface area (Å²) in [5.74, 6) is 0.432. The highest BCUT2D eigenvalue weighted by Crippen LogP contribution is 2.10. The zero-order valence-corrected chi connectivity index (χ0v) is 9.31. The van der Waals surface area contributed by atoms with Crippen LogP contribution in [-0.2, 0) is 4.79 Å². The summed E-state index contributed by atoms with van der Waals surface area (Å²) in [6.45, 7) is 6.14. The van der Waals surface area contributed by atoms with Crippen LogP contribution in [0.15, 0.2) is 0 Å². The molecule has 1 aliphatic heterocycles. The predicted octanol–water partition coefficient (Wildman–Crippen LogP) is 1.29. The van der Waals surface area contributed by atoms with E-state index in [1.807, 2.05) is 0 Å². The molecule has 1 fully saturated rings. The second-order valence-corrected chi connectivity index (χ2v) is 4.24. The van der Waals surface area contributed by atoms with Gasteiger partial charge in [0.1, 0.15) is 0 Å². The van der Waals surface area contributed by atoms with Crippen molar-refractivity contribution in [2.24, 2.45) is 5.92 Å². The highest BCUT2D eigenvalue weighted by Gasteiger charge is 2.21. The van der Waals surface area contributed by atoms with Crippen LogP contribution < -0.4 is 10.6 Å². The molecule has 0 bridgehead atoms. The van der Waals surface area contributed by atoms with E-state index in [1.54, 1.807) is 0 Å². The van der Waals surface area contributed by atoms with Gasteiger partial charge in [-0.15, -0.1) is 0 Å². The predicted molar refractivity (Wildman–Crippen MR) is 58.1 cm³/mol. The smallest absolute Gasteiger partial charge is 0.224 e.